The number of ether oxygens (including phenoxy) is 1. The third-order valence-electron chi connectivity index (χ3n) is 4.64. The van der Waals surface area contributed by atoms with E-state index >= 15 is 4.39 Å². The number of phosphoric acid groups is 3. The Bertz CT molecular complexity index is 1090. The molecule has 0 saturated carbocycles. The summed E-state index contributed by atoms with van der Waals surface area (Å²) in [5.41, 5.74) is 0.959. The van der Waals surface area contributed by atoms with Crippen LogP contribution in [0.5, 0.6) is 0 Å². The molecule has 1 aromatic heterocycles. The third kappa shape index (κ3) is 6.54. The first kappa shape index (κ1) is 28.2. The van der Waals surface area contributed by atoms with Crippen LogP contribution in [0.2, 0.25) is 0 Å². The lowest BCUT2D eigenvalue weighted by Crippen LogP contribution is -2.55. The minimum absolute atomic E-state index is 0.167. The molecule has 1 fully saturated rings. The summed E-state index contributed by atoms with van der Waals surface area (Å²) in [4.78, 5) is 51.6. The molecule has 6 atom stereocenters. The average molecular weight is 541 g/mol. The van der Waals surface area contributed by atoms with Crippen molar-refractivity contribution in [3.63, 3.8) is 0 Å². The number of aliphatic hydroxyl groups excluding tert-OH is 1. The van der Waals surface area contributed by atoms with Crippen LogP contribution in [0.25, 0.3) is 0 Å². The summed E-state index contributed by atoms with van der Waals surface area (Å²) in [6, 6.07) is 1.16. The molecule has 2 unspecified atom stereocenters. The summed E-state index contributed by atoms with van der Waals surface area (Å²) in [5, 5.41) is 10.6. The van der Waals surface area contributed by atoms with Gasteiger partial charge < -0.3 is 35.2 Å². The maximum absolute atomic E-state index is 15.0. The van der Waals surface area contributed by atoms with Crippen LogP contribution in [-0.4, -0.2) is 58.7 Å². The van der Waals surface area contributed by atoms with Crippen LogP contribution in [0.3, 0.4) is 0 Å². The van der Waals surface area contributed by atoms with Crippen molar-refractivity contribution in [2.24, 2.45) is 5.41 Å². The Labute approximate surface area is 185 Å². The van der Waals surface area contributed by atoms with Crippen molar-refractivity contribution in [1.82, 2.24) is 9.55 Å². The van der Waals surface area contributed by atoms with Crippen LogP contribution in [0, 0.1) is 5.41 Å². The lowest BCUT2D eigenvalue weighted by molar-refractivity contribution is -0.180. The molecule has 16 nitrogen and oxygen atoms in total. The Morgan fingerprint density at radius 2 is 1.79 bits per heavy atom. The van der Waals surface area contributed by atoms with Gasteiger partial charge in [0.1, 0.15) is 17.5 Å². The zero-order valence-corrected chi connectivity index (χ0v) is 20.0. The number of nitrogens with two attached hydrogens (primary N) is 1. The monoisotopic (exact) mass is 541 g/mol. The highest BCUT2D eigenvalue weighted by Gasteiger charge is 2.62. The number of rotatable bonds is 8. The normalized spacial score (nSPS) is 30.0. The standard InChI is InChI=1S/C13H23FN3O13P3/c1-12(2,3)13(6-27-32(23,24)30-33(25,26)29-31(20,21)22)9(18)8(14)10(28-13)17-5-4-7(15)16-11(17)19/h4-5,8-10,18H,6H2,1-3H3,(H,23,24)(H,25,26)(H2,15,16,19)(H2,20,21,22)/t8-,9+,10-,13-/m1/s1. The van der Waals surface area contributed by atoms with Crippen molar-refractivity contribution < 1.29 is 60.6 Å². The van der Waals surface area contributed by atoms with E-state index in [0.29, 0.717) is 4.57 Å². The molecule has 0 bridgehead atoms. The van der Waals surface area contributed by atoms with Crippen molar-refractivity contribution in [2.45, 2.75) is 44.9 Å². The van der Waals surface area contributed by atoms with Gasteiger partial charge in [0.15, 0.2) is 12.4 Å². The van der Waals surface area contributed by atoms with Gasteiger partial charge in [0.25, 0.3) is 0 Å². The molecule has 1 aromatic rings. The first-order chi connectivity index (χ1) is 14.7. The average Bonchev–Trinajstić information content (AvgIpc) is 2.82. The van der Waals surface area contributed by atoms with Gasteiger partial charge in [-0.3, -0.25) is 9.09 Å². The minimum Gasteiger partial charge on any atom is -0.387 e. The zero-order valence-electron chi connectivity index (χ0n) is 17.3. The first-order valence-corrected chi connectivity index (χ1v) is 13.3. The van der Waals surface area contributed by atoms with Crippen molar-refractivity contribution in [3.8, 4) is 0 Å². The van der Waals surface area contributed by atoms with Crippen LogP contribution >= 0.6 is 23.5 Å². The molecular weight excluding hydrogens is 518 g/mol. The second-order valence-electron chi connectivity index (χ2n) is 7.94. The maximum atomic E-state index is 15.0. The van der Waals surface area contributed by atoms with Gasteiger partial charge in [0.2, 0.25) is 0 Å². The molecule has 20 heteroatoms. The van der Waals surface area contributed by atoms with Crippen LogP contribution in [0.15, 0.2) is 17.1 Å². The molecule has 0 aromatic carbocycles. The van der Waals surface area contributed by atoms with E-state index in [9.17, 15) is 33.4 Å². The van der Waals surface area contributed by atoms with Crippen LogP contribution in [-0.2, 0) is 31.6 Å². The van der Waals surface area contributed by atoms with Gasteiger partial charge in [-0.05, 0) is 11.5 Å². The number of nitrogens with zero attached hydrogens (tertiary/aromatic N) is 2. The van der Waals surface area contributed by atoms with Crippen molar-refractivity contribution in [3.05, 3.63) is 22.7 Å². The fourth-order valence-electron chi connectivity index (χ4n) is 3.03. The Morgan fingerprint density at radius 1 is 1.21 bits per heavy atom. The predicted octanol–water partition coefficient (Wildman–Crippen LogP) is 0.182. The molecule has 190 valence electrons. The van der Waals surface area contributed by atoms with Gasteiger partial charge in [0.05, 0.1) is 6.61 Å². The highest BCUT2D eigenvalue weighted by Crippen LogP contribution is 2.66. The van der Waals surface area contributed by atoms with E-state index in [4.69, 9.17) is 20.3 Å². The molecule has 33 heavy (non-hydrogen) atoms. The Kier molecular flexibility index (Phi) is 7.85. The summed E-state index contributed by atoms with van der Waals surface area (Å²) >= 11 is 0. The predicted molar refractivity (Wildman–Crippen MR) is 106 cm³/mol. The maximum Gasteiger partial charge on any atom is 0.490 e. The number of aliphatic hydroxyl groups is 1. The quantitative estimate of drug-likeness (QED) is 0.240. The van der Waals surface area contributed by atoms with E-state index in [1.165, 1.54) is 20.8 Å². The van der Waals surface area contributed by atoms with E-state index in [-0.39, 0.29) is 5.82 Å². The first-order valence-electron chi connectivity index (χ1n) is 8.83. The molecule has 2 rings (SSSR count). The summed E-state index contributed by atoms with van der Waals surface area (Å²) in [6.07, 6.45) is -5.07. The number of nitrogen functional groups attached to an aromatic ring is 1. The molecule has 1 aliphatic heterocycles. The summed E-state index contributed by atoms with van der Waals surface area (Å²) in [6.45, 7) is 3.14. The lowest BCUT2D eigenvalue weighted by Gasteiger charge is -2.42. The summed E-state index contributed by atoms with van der Waals surface area (Å²) in [7, 11) is -17.0. The molecule has 0 aliphatic carbocycles. The van der Waals surface area contributed by atoms with Gasteiger partial charge in [-0.15, -0.1) is 0 Å². The highest BCUT2D eigenvalue weighted by atomic mass is 31.3. The van der Waals surface area contributed by atoms with E-state index < -0.39 is 65.3 Å². The van der Waals surface area contributed by atoms with Gasteiger partial charge >= 0.3 is 29.2 Å². The molecule has 1 aliphatic rings. The number of anilines is 1. The van der Waals surface area contributed by atoms with Gasteiger partial charge in [0, 0.05) is 6.20 Å². The third-order valence-corrected chi connectivity index (χ3v) is 8.42. The van der Waals surface area contributed by atoms with Crippen molar-refractivity contribution in [2.75, 3.05) is 12.3 Å². The number of hydrogen-bond acceptors (Lipinski definition) is 11. The van der Waals surface area contributed by atoms with E-state index in [0.717, 1.165) is 12.3 Å². The van der Waals surface area contributed by atoms with Gasteiger partial charge in [-0.25, -0.2) is 22.9 Å². The van der Waals surface area contributed by atoms with Gasteiger partial charge in [-0.1, -0.05) is 20.8 Å². The Hall–Kier alpha value is -1.06. The SMILES string of the molecule is CC(C)(C)[C@]1(COP(=O)(O)OP(=O)(O)OP(=O)(O)O)O[C@@H](n2ccc(N)nc2=O)[C@H](F)[C@@H]1O. The summed E-state index contributed by atoms with van der Waals surface area (Å²) in [5.74, 6) is -0.167. The van der Waals surface area contributed by atoms with Crippen molar-refractivity contribution in [1.29, 1.82) is 0 Å². The van der Waals surface area contributed by atoms with E-state index in [1.54, 1.807) is 0 Å². The smallest absolute Gasteiger partial charge is 0.387 e. The van der Waals surface area contributed by atoms with E-state index in [2.05, 4.69) is 18.1 Å². The highest BCUT2D eigenvalue weighted by molar-refractivity contribution is 7.66. The molecular formula is C13H23FN3O13P3. The van der Waals surface area contributed by atoms with Crippen LogP contribution < -0.4 is 11.4 Å². The van der Waals surface area contributed by atoms with E-state index in [1.807, 2.05) is 0 Å². The Balaban J connectivity index is 2.34. The fraction of sp³-hybridized carbons (Fsp3) is 0.692. The van der Waals surface area contributed by atoms with Gasteiger partial charge in [-0.2, -0.15) is 13.6 Å². The lowest BCUT2D eigenvalue weighted by atomic mass is 9.73. The topological polar surface area (TPSA) is 250 Å². The largest absolute Gasteiger partial charge is 0.490 e. The Morgan fingerprint density at radius 3 is 2.27 bits per heavy atom. The zero-order chi connectivity index (χ0) is 25.6. The molecule has 0 spiro atoms. The van der Waals surface area contributed by atoms with Crippen molar-refractivity contribution >= 4 is 29.3 Å². The second kappa shape index (κ2) is 9.19. The number of halogens is 1. The molecule has 2 heterocycles. The molecule has 0 radical (unpaired) electrons. The number of alkyl halides is 1. The minimum atomic E-state index is -5.80. The molecule has 1 saturated heterocycles. The molecule has 0 amide bonds. The van der Waals surface area contributed by atoms with Crippen LogP contribution in [0.1, 0.15) is 27.0 Å². The fourth-order valence-corrected chi connectivity index (χ4v) is 6.08. The van der Waals surface area contributed by atoms with Crippen LogP contribution in [0.4, 0.5) is 10.2 Å². The second-order valence-corrected chi connectivity index (χ2v) is 12.4. The number of phosphoric ester groups is 1. The number of hydrogen-bond donors (Lipinski definition) is 6. The number of aromatic nitrogens is 2. The summed E-state index contributed by atoms with van der Waals surface area (Å²) < 4.78 is 67.5. The molecule has 7 N–H and O–H groups in total.